The van der Waals surface area contributed by atoms with Crippen molar-refractivity contribution in [3.05, 3.63) is 87.9 Å². The molecule has 0 saturated carbocycles. The van der Waals surface area contributed by atoms with Crippen molar-refractivity contribution in [2.24, 2.45) is 0 Å². The number of carbonyl (C=O) groups is 1. The number of sulfonamides is 1. The summed E-state index contributed by atoms with van der Waals surface area (Å²) < 4.78 is 27.8. The lowest BCUT2D eigenvalue weighted by atomic mass is 10.2. The van der Waals surface area contributed by atoms with Gasteiger partial charge < -0.3 is 0 Å². The molecule has 0 spiro atoms. The number of nitrogens with zero attached hydrogens (tertiary/aromatic N) is 2. The van der Waals surface area contributed by atoms with Gasteiger partial charge in [-0.05, 0) is 42.0 Å². The van der Waals surface area contributed by atoms with E-state index in [-0.39, 0.29) is 11.4 Å². The maximum atomic E-state index is 12.9. The van der Waals surface area contributed by atoms with E-state index in [2.05, 4.69) is 10.3 Å². The summed E-state index contributed by atoms with van der Waals surface area (Å²) in [6.07, 6.45) is 0. The molecular weight excluding hydrogens is 489 g/mol. The van der Waals surface area contributed by atoms with Crippen LogP contribution >= 0.6 is 34.5 Å². The van der Waals surface area contributed by atoms with Crippen LogP contribution in [0.1, 0.15) is 15.9 Å². The molecule has 4 aromatic rings. The van der Waals surface area contributed by atoms with Gasteiger partial charge in [0.2, 0.25) is 10.0 Å². The number of fused-ring (bicyclic) bond motifs is 1. The van der Waals surface area contributed by atoms with E-state index in [9.17, 15) is 13.2 Å². The Hall–Kier alpha value is -2.49. The topological polar surface area (TPSA) is 79.4 Å². The van der Waals surface area contributed by atoms with E-state index in [0.29, 0.717) is 26.3 Å². The normalized spacial score (nSPS) is 11.8. The van der Waals surface area contributed by atoms with Crippen molar-refractivity contribution < 1.29 is 13.2 Å². The summed E-state index contributed by atoms with van der Waals surface area (Å²) in [5.74, 6) is -0.409. The third-order valence-electron chi connectivity index (χ3n) is 4.75. The maximum Gasteiger partial charge on any atom is 0.257 e. The largest absolute Gasteiger partial charge is 0.298 e. The summed E-state index contributed by atoms with van der Waals surface area (Å²) in [5.41, 5.74) is 1.70. The van der Waals surface area contributed by atoms with Crippen molar-refractivity contribution in [1.82, 2.24) is 9.29 Å². The average molecular weight is 506 g/mol. The fourth-order valence-electron chi connectivity index (χ4n) is 3.04. The Morgan fingerprint density at radius 2 is 1.72 bits per heavy atom. The number of anilines is 1. The highest BCUT2D eigenvalue weighted by Gasteiger charge is 2.21. The highest BCUT2D eigenvalue weighted by molar-refractivity contribution is 7.89. The van der Waals surface area contributed by atoms with Crippen LogP contribution in [0.5, 0.6) is 0 Å². The Labute approximate surface area is 199 Å². The highest BCUT2D eigenvalue weighted by Crippen LogP contribution is 2.35. The lowest BCUT2D eigenvalue weighted by Gasteiger charge is -2.17. The third-order valence-corrected chi connectivity index (χ3v) is 8.29. The lowest BCUT2D eigenvalue weighted by molar-refractivity contribution is 0.102. The predicted octanol–water partition coefficient (Wildman–Crippen LogP) is 5.68. The maximum absolute atomic E-state index is 12.9. The van der Waals surface area contributed by atoms with Crippen molar-refractivity contribution in [3.63, 3.8) is 0 Å². The van der Waals surface area contributed by atoms with Crippen molar-refractivity contribution in [2.75, 3.05) is 12.4 Å². The summed E-state index contributed by atoms with van der Waals surface area (Å²) in [4.78, 5) is 17.0. The molecule has 0 radical (unpaired) electrons. The average Bonchev–Trinajstić information content (AvgIpc) is 3.20. The zero-order valence-electron chi connectivity index (χ0n) is 16.7. The Morgan fingerprint density at radius 1 is 1.03 bits per heavy atom. The minimum atomic E-state index is -3.70. The molecule has 0 aliphatic carbocycles. The smallest absolute Gasteiger partial charge is 0.257 e. The van der Waals surface area contributed by atoms with Crippen LogP contribution in [0.4, 0.5) is 5.13 Å². The van der Waals surface area contributed by atoms with Crippen molar-refractivity contribution >= 4 is 65.8 Å². The molecule has 164 valence electrons. The van der Waals surface area contributed by atoms with E-state index in [4.69, 9.17) is 23.2 Å². The molecule has 10 heteroatoms. The molecule has 1 N–H and O–H groups in total. The van der Waals surface area contributed by atoms with Crippen LogP contribution in [-0.2, 0) is 16.6 Å². The molecule has 0 aliphatic heterocycles. The van der Waals surface area contributed by atoms with E-state index < -0.39 is 15.9 Å². The van der Waals surface area contributed by atoms with Crippen LogP contribution in [-0.4, -0.2) is 30.7 Å². The summed E-state index contributed by atoms with van der Waals surface area (Å²) in [6.45, 7) is 0.246. The molecule has 32 heavy (non-hydrogen) atoms. The quantitative estimate of drug-likeness (QED) is 0.365. The van der Waals surface area contributed by atoms with E-state index >= 15 is 0 Å². The number of amides is 1. The number of carbonyl (C=O) groups excluding carboxylic acids is 1. The van der Waals surface area contributed by atoms with Gasteiger partial charge in [-0.2, -0.15) is 4.31 Å². The fraction of sp³-hybridized carbons (Fsp3) is 0.0909. The molecule has 0 bridgehead atoms. The highest BCUT2D eigenvalue weighted by atomic mass is 35.5. The molecule has 1 amide bonds. The van der Waals surface area contributed by atoms with Gasteiger partial charge in [0.25, 0.3) is 5.91 Å². The minimum Gasteiger partial charge on any atom is -0.298 e. The first-order valence-corrected chi connectivity index (χ1v) is 12.4. The zero-order valence-corrected chi connectivity index (χ0v) is 19.9. The summed E-state index contributed by atoms with van der Waals surface area (Å²) in [6, 6.07) is 18.5. The Balaban J connectivity index is 1.49. The zero-order chi connectivity index (χ0) is 22.9. The van der Waals surface area contributed by atoms with Crippen LogP contribution in [0.2, 0.25) is 10.0 Å². The number of hydrogen-bond acceptors (Lipinski definition) is 5. The first kappa shape index (κ1) is 22.7. The van der Waals surface area contributed by atoms with Crippen LogP contribution in [0.3, 0.4) is 0 Å². The third kappa shape index (κ3) is 4.65. The molecule has 0 aliphatic rings. The van der Waals surface area contributed by atoms with Crippen molar-refractivity contribution in [3.8, 4) is 0 Å². The van der Waals surface area contributed by atoms with E-state index in [1.165, 1.54) is 47.0 Å². The minimum absolute atomic E-state index is 0.105. The van der Waals surface area contributed by atoms with Gasteiger partial charge in [-0.3, -0.25) is 10.1 Å². The number of rotatable bonds is 6. The molecule has 0 atom stereocenters. The van der Waals surface area contributed by atoms with Gasteiger partial charge in [-0.25, -0.2) is 13.4 Å². The van der Waals surface area contributed by atoms with Gasteiger partial charge in [0.15, 0.2) is 5.13 Å². The molecule has 0 unspecified atom stereocenters. The second kappa shape index (κ2) is 9.17. The second-order valence-electron chi connectivity index (χ2n) is 6.95. The number of thiazole rings is 1. The van der Waals surface area contributed by atoms with Crippen LogP contribution < -0.4 is 5.32 Å². The van der Waals surface area contributed by atoms with E-state index in [1.807, 2.05) is 30.3 Å². The van der Waals surface area contributed by atoms with E-state index in [1.54, 1.807) is 12.1 Å². The second-order valence-corrected chi connectivity index (χ2v) is 10.8. The summed E-state index contributed by atoms with van der Waals surface area (Å²) >= 11 is 13.4. The molecule has 1 aromatic heterocycles. The number of halogens is 2. The molecular formula is C22H17Cl2N3O3S2. The lowest BCUT2D eigenvalue weighted by Crippen LogP contribution is -2.26. The van der Waals surface area contributed by atoms with Gasteiger partial charge >= 0.3 is 0 Å². The fourth-order valence-corrected chi connectivity index (χ4v) is 5.49. The standard InChI is InChI=1S/C22H17Cl2N3O3S2/c1-27(13-14-5-3-2-4-6-14)32(29,30)16-9-7-15(8-10-16)21(28)26-22-25-20-18(31-22)12-11-17(23)19(20)24/h2-12H,13H2,1H3,(H,25,26,28). The number of benzene rings is 3. The summed E-state index contributed by atoms with van der Waals surface area (Å²) in [7, 11) is -2.18. The molecule has 1 heterocycles. The van der Waals surface area contributed by atoms with E-state index in [0.717, 1.165) is 10.3 Å². The predicted molar refractivity (Wildman–Crippen MR) is 129 cm³/mol. The molecule has 3 aromatic carbocycles. The molecule has 6 nitrogen and oxygen atoms in total. The van der Waals surface area contributed by atoms with Gasteiger partial charge in [-0.1, -0.05) is 64.9 Å². The van der Waals surface area contributed by atoms with Crippen LogP contribution in [0, 0.1) is 0 Å². The van der Waals surface area contributed by atoms with Crippen molar-refractivity contribution in [2.45, 2.75) is 11.4 Å². The Kier molecular flexibility index (Phi) is 6.50. The van der Waals surface area contributed by atoms with Gasteiger partial charge in [0.1, 0.15) is 5.52 Å². The van der Waals surface area contributed by atoms with Gasteiger partial charge in [0, 0.05) is 19.2 Å². The Morgan fingerprint density at radius 3 is 2.41 bits per heavy atom. The monoisotopic (exact) mass is 505 g/mol. The summed E-state index contributed by atoms with van der Waals surface area (Å²) in [5, 5.41) is 3.80. The first-order valence-electron chi connectivity index (χ1n) is 9.42. The van der Waals surface area contributed by atoms with Gasteiger partial charge in [-0.15, -0.1) is 0 Å². The number of aromatic nitrogens is 1. The Bertz CT molecular complexity index is 1390. The molecule has 0 fully saturated rings. The molecule has 0 saturated heterocycles. The SMILES string of the molecule is CN(Cc1ccccc1)S(=O)(=O)c1ccc(C(=O)Nc2nc3c(Cl)c(Cl)ccc3s2)cc1. The van der Waals surface area contributed by atoms with Crippen molar-refractivity contribution in [1.29, 1.82) is 0 Å². The first-order chi connectivity index (χ1) is 15.3. The number of nitrogens with one attached hydrogen (secondary N) is 1. The van der Waals surface area contributed by atoms with Crippen LogP contribution in [0.15, 0.2) is 71.6 Å². The van der Waals surface area contributed by atoms with Gasteiger partial charge in [0.05, 0.1) is 19.6 Å². The number of hydrogen-bond donors (Lipinski definition) is 1. The molecule has 4 rings (SSSR count). The van der Waals surface area contributed by atoms with Crippen LogP contribution in [0.25, 0.3) is 10.2 Å².